The maximum Gasteiger partial charge on any atom is 0.0604 e. The van der Waals surface area contributed by atoms with Crippen molar-refractivity contribution in [3.05, 3.63) is 0 Å². The SMILES string of the molecule is C[C@@]12CCC[C@H]1[C@@H]1C[C@H](O)[C@]34CCCC[C@]3(C4)[C@H]1CC2. The Morgan fingerprint density at radius 1 is 0.850 bits per heavy atom. The van der Waals surface area contributed by atoms with Crippen molar-refractivity contribution >= 4 is 0 Å². The summed E-state index contributed by atoms with van der Waals surface area (Å²) in [6, 6.07) is 0. The molecule has 0 aromatic rings. The zero-order valence-electron chi connectivity index (χ0n) is 13.0. The first-order valence-corrected chi connectivity index (χ1v) is 9.30. The highest BCUT2D eigenvalue weighted by Crippen LogP contribution is 2.82. The molecule has 7 atom stereocenters. The topological polar surface area (TPSA) is 20.2 Å². The molecular weight excluding hydrogens is 244 g/mol. The molecule has 0 bridgehead atoms. The van der Waals surface area contributed by atoms with Crippen molar-refractivity contribution in [1.82, 2.24) is 0 Å². The number of fused-ring (bicyclic) bond motifs is 3. The average Bonchev–Trinajstić information content (AvgIpc) is 3.01. The number of rotatable bonds is 0. The summed E-state index contributed by atoms with van der Waals surface area (Å²) in [6.45, 7) is 2.57. The van der Waals surface area contributed by atoms with Gasteiger partial charge < -0.3 is 5.11 Å². The molecule has 1 heteroatoms. The van der Waals surface area contributed by atoms with E-state index in [9.17, 15) is 5.11 Å². The van der Waals surface area contributed by atoms with E-state index in [1.54, 1.807) is 0 Å². The van der Waals surface area contributed by atoms with Gasteiger partial charge in [0.2, 0.25) is 0 Å². The minimum absolute atomic E-state index is 0.0481. The van der Waals surface area contributed by atoms with E-state index in [0.717, 1.165) is 24.2 Å². The molecule has 20 heavy (non-hydrogen) atoms. The highest BCUT2D eigenvalue weighted by Gasteiger charge is 2.77. The van der Waals surface area contributed by atoms with E-state index in [4.69, 9.17) is 0 Å². The van der Waals surface area contributed by atoms with E-state index in [0.29, 0.717) is 16.2 Å². The molecule has 0 radical (unpaired) electrons. The molecule has 5 aliphatic rings. The molecule has 1 nitrogen and oxygen atoms in total. The van der Waals surface area contributed by atoms with Crippen molar-refractivity contribution in [3.8, 4) is 0 Å². The Morgan fingerprint density at radius 3 is 2.50 bits per heavy atom. The quantitative estimate of drug-likeness (QED) is 0.688. The molecule has 0 spiro atoms. The van der Waals surface area contributed by atoms with E-state index < -0.39 is 0 Å². The highest BCUT2D eigenvalue weighted by atomic mass is 16.3. The normalized spacial score (nSPS) is 63.9. The lowest BCUT2D eigenvalue weighted by Crippen LogP contribution is -2.51. The van der Waals surface area contributed by atoms with Gasteiger partial charge >= 0.3 is 0 Å². The fourth-order valence-electron chi connectivity index (χ4n) is 8.15. The Hall–Kier alpha value is -0.0400. The maximum absolute atomic E-state index is 10.9. The molecule has 5 saturated carbocycles. The average molecular weight is 274 g/mol. The molecule has 0 heterocycles. The number of hydrogen-bond acceptors (Lipinski definition) is 1. The summed E-state index contributed by atoms with van der Waals surface area (Å²) in [5.41, 5.74) is 1.65. The number of aliphatic hydroxyl groups excluding tert-OH is 1. The van der Waals surface area contributed by atoms with Gasteiger partial charge in [-0.25, -0.2) is 0 Å². The summed E-state index contributed by atoms with van der Waals surface area (Å²) < 4.78 is 0. The second kappa shape index (κ2) is 3.65. The Kier molecular flexibility index (Phi) is 2.28. The van der Waals surface area contributed by atoms with Crippen LogP contribution in [-0.4, -0.2) is 11.2 Å². The second-order valence-corrected chi connectivity index (χ2v) is 9.41. The first kappa shape index (κ1) is 12.5. The van der Waals surface area contributed by atoms with Gasteiger partial charge in [0, 0.05) is 5.41 Å². The molecular formula is C19H30O. The van der Waals surface area contributed by atoms with Gasteiger partial charge in [0.1, 0.15) is 0 Å². The van der Waals surface area contributed by atoms with Crippen LogP contribution in [0.25, 0.3) is 0 Å². The van der Waals surface area contributed by atoms with Gasteiger partial charge in [-0.15, -0.1) is 0 Å². The summed E-state index contributed by atoms with van der Waals surface area (Å²) in [7, 11) is 0. The summed E-state index contributed by atoms with van der Waals surface area (Å²) in [4.78, 5) is 0. The Morgan fingerprint density at radius 2 is 1.65 bits per heavy atom. The molecule has 0 saturated heterocycles. The first-order chi connectivity index (χ1) is 9.61. The molecule has 1 N–H and O–H groups in total. The van der Waals surface area contributed by atoms with Crippen LogP contribution in [0.2, 0.25) is 0 Å². The fraction of sp³-hybridized carbons (Fsp3) is 1.00. The molecule has 0 aromatic heterocycles. The van der Waals surface area contributed by atoms with Crippen molar-refractivity contribution in [1.29, 1.82) is 0 Å². The van der Waals surface area contributed by atoms with Gasteiger partial charge in [-0.3, -0.25) is 0 Å². The molecule has 5 fully saturated rings. The third-order valence-electron chi connectivity index (χ3n) is 9.05. The largest absolute Gasteiger partial charge is 0.393 e. The van der Waals surface area contributed by atoms with Crippen LogP contribution in [0.4, 0.5) is 0 Å². The summed E-state index contributed by atoms with van der Waals surface area (Å²) >= 11 is 0. The van der Waals surface area contributed by atoms with Crippen molar-refractivity contribution in [2.75, 3.05) is 0 Å². The smallest absolute Gasteiger partial charge is 0.0604 e. The summed E-state index contributed by atoms with van der Waals surface area (Å²) in [5.74, 6) is 2.81. The van der Waals surface area contributed by atoms with Crippen LogP contribution in [0, 0.1) is 34.0 Å². The predicted molar refractivity (Wildman–Crippen MR) is 80.2 cm³/mol. The Bertz CT molecular complexity index is 445. The maximum atomic E-state index is 10.9. The Labute approximate surface area is 123 Å². The lowest BCUT2D eigenvalue weighted by atomic mass is 9.50. The van der Waals surface area contributed by atoms with Crippen LogP contribution in [0.1, 0.15) is 77.6 Å². The third kappa shape index (κ3) is 1.22. The number of aliphatic hydroxyl groups is 1. The highest BCUT2D eigenvalue weighted by molar-refractivity contribution is 5.26. The predicted octanol–water partition coefficient (Wildman–Crippen LogP) is 4.53. The minimum atomic E-state index is 0.0481. The van der Waals surface area contributed by atoms with Crippen LogP contribution in [0.15, 0.2) is 0 Å². The lowest BCUT2D eigenvalue weighted by Gasteiger charge is -2.55. The van der Waals surface area contributed by atoms with Crippen molar-refractivity contribution in [2.45, 2.75) is 83.7 Å². The molecule has 0 unspecified atom stereocenters. The van der Waals surface area contributed by atoms with Crippen molar-refractivity contribution in [3.63, 3.8) is 0 Å². The van der Waals surface area contributed by atoms with Crippen LogP contribution >= 0.6 is 0 Å². The van der Waals surface area contributed by atoms with Gasteiger partial charge in [-0.1, -0.05) is 26.2 Å². The zero-order chi connectivity index (χ0) is 13.6. The van der Waals surface area contributed by atoms with E-state index in [-0.39, 0.29) is 6.10 Å². The van der Waals surface area contributed by atoms with E-state index in [2.05, 4.69) is 6.92 Å². The first-order valence-electron chi connectivity index (χ1n) is 9.30. The fourth-order valence-corrected chi connectivity index (χ4v) is 8.15. The monoisotopic (exact) mass is 274 g/mol. The van der Waals surface area contributed by atoms with Crippen molar-refractivity contribution < 1.29 is 5.11 Å². The van der Waals surface area contributed by atoms with Crippen molar-refractivity contribution in [2.24, 2.45) is 34.0 Å². The van der Waals surface area contributed by atoms with Gasteiger partial charge in [-0.05, 0) is 80.0 Å². The molecule has 5 rings (SSSR count). The summed E-state index contributed by atoms with van der Waals surface area (Å²) in [5, 5.41) is 10.9. The molecule has 5 aliphatic carbocycles. The zero-order valence-corrected chi connectivity index (χ0v) is 13.0. The molecule has 0 aliphatic heterocycles. The van der Waals surface area contributed by atoms with E-state index in [1.807, 2.05) is 0 Å². The van der Waals surface area contributed by atoms with Gasteiger partial charge in [0.05, 0.1) is 6.10 Å². The van der Waals surface area contributed by atoms with Gasteiger partial charge in [-0.2, -0.15) is 0 Å². The second-order valence-electron chi connectivity index (χ2n) is 9.41. The minimum Gasteiger partial charge on any atom is -0.393 e. The van der Waals surface area contributed by atoms with E-state index in [1.165, 1.54) is 64.2 Å². The molecule has 0 amide bonds. The third-order valence-corrected chi connectivity index (χ3v) is 9.05. The lowest BCUT2D eigenvalue weighted by molar-refractivity contribution is -0.106. The Balaban J connectivity index is 1.53. The van der Waals surface area contributed by atoms with Crippen LogP contribution in [0.3, 0.4) is 0 Å². The van der Waals surface area contributed by atoms with Crippen LogP contribution in [-0.2, 0) is 0 Å². The van der Waals surface area contributed by atoms with Gasteiger partial charge in [0.25, 0.3) is 0 Å². The molecule has 112 valence electrons. The molecule has 0 aromatic carbocycles. The summed E-state index contributed by atoms with van der Waals surface area (Å²) in [6.07, 6.45) is 15.6. The standard InChI is InChI=1S/C19H30O/c1-17-7-4-5-14(17)13-11-16(20)19-9-3-2-8-18(19,12-19)15(13)6-10-17/h13-16,20H,2-12H2,1H3/t13-,14-,15-,16-,17-,18-,19+/m0/s1. The number of hydrogen-bond donors (Lipinski definition) is 1. The van der Waals surface area contributed by atoms with E-state index >= 15 is 0 Å². The van der Waals surface area contributed by atoms with Crippen LogP contribution in [0.5, 0.6) is 0 Å². The van der Waals surface area contributed by atoms with Gasteiger partial charge in [0.15, 0.2) is 0 Å². The van der Waals surface area contributed by atoms with Crippen LogP contribution < -0.4 is 0 Å².